The Morgan fingerprint density at radius 3 is 2.73 bits per heavy atom. The summed E-state index contributed by atoms with van der Waals surface area (Å²) in [5, 5.41) is 7.19. The standard InChI is InChI=1S/C22H26N4O4/c27-20(19-14-18(23-24-19)16-6-7-16)25-10-8-22(9-11-25)15-26(21(28)30-22)12-13-29-17-4-2-1-3-5-17/h1-5,14,16H,6-13,15H2,(H,23,24). The van der Waals surface area contributed by atoms with Crippen LogP contribution in [0.15, 0.2) is 36.4 Å². The summed E-state index contributed by atoms with van der Waals surface area (Å²) in [6, 6.07) is 11.4. The fraction of sp³-hybridized carbons (Fsp3) is 0.500. The van der Waals surface area contributed by atoms with Crippen LogP contribution in [-0.4, -0.2) is 70.4 Å². The Bertz CT molecular complexity index is 916. The molecule has 3 fully saturated rings. The maximum absolute atomic E-state index is 12.8. The van der Waals surface area contributed by atoms with Gasteiger partial charge in [0.25, 0.3) is 5.91 Å². The molecule has 1 aromatic heterocycles. The number of hydrogen-bond donors (Lipinski definition) is 1. The van der Waals surface area contributed by atoms with E-state index in [4.69, 9.17) is 9.47 Å². The van der Waals surface area contributed by atoms with Gasteiger partial charge < -0.3 is 19.3 Å². The van der Waals surface area contributed by atoms with E-state index in [-0.39, 0.29) is 12.0 Å². The average Bonchev–Trinajstić information content (AvgIpc) is 3.42. The van der Waals surface area contributed by atoms with Crippen molar-refractivity contribution in [3.05, 3.63) is 47.8 Å². The predicted molar refractivity (Wildman–Crippen MR) is 108 cm³/mol. The molecular formula is C22H26N4O4. The number of para-hydroxylation sites is 1. The van der Waals surface area contributed by atoms with Crippen molar-refractivity contribution in [2.24, 2.45) is 0 Å². The highest BCUT2D eigenvalue weighted by atomic mass is 16.6. The molecule has 0 atom stereocenters. The van der Waals surface area contributed by atoms with E-state index < -0.39 is 5.60 Å². The monoisotopic (exact) mass is 410 g/mol. The summed E-state index contributed by atoms with van der Waals surface area (Å²) < 4.78 is 11.5. The van der Waals surface area contributed by atoms with E-state index in [0.717, 1.165) is 11.4 Å². The minimum Gasteiger partial charge on any atom is -0.492 e. The molecule has 0 bridgehead atoms. The number of carbonyl (C=O) groups excluding carboxylic acids is 2. The SMILES string of the molecule is O=C1OC2(CCN(C(=O)c3cc(C4CC4)[nH]n3)CC2)CN1CCOc1ccccc1. The van der Waals surface area contributed by atoms with Crippen LogP contribution < -0.4 is 4.74 Å². The van der Waals surface area contributed by atoms with E-state index in [1.54, 1.807) is 4.90 Å². The second-order valence-corrected chi connectivity index (χ2v) is 8.41. The molecule has 1 aromatic carbocycles. The molecule has 3 heterocycles. The van der Waals surface area contributed by atoms with E-state index in [0.29, 0.717) is 57.2 Å². The van der Waals surface area contributed by atoms with E-state index >= 15 is 0 Å². The number of aromatic nitrogens is 2. The third kappa shape index (κ3) is 3.86. The molecule has 8 nitrogen and oxygen atoms in total. The fourth-order valence-corrected chi connectivity index (χ4v) is 4.24. The lowest BCUT2D eigenvalue weighted by Crippen LogP contribution is -2.49. The van der Waals surface area contributed by atoms with Gasteiger partial charge in [0.15, 0.2) is 0 Å². The Morgan fingerprint density at radius 1 is 1.23 bits per heavy atom. The predicted octanol–water partition coefficient (Wildman–Crippen LogP) is 2.79. The first-order valence-electron chi connectivity index (χ1n) is 10.6. The summed E-state index contributed by atoms with van der Waals surface area (Å²) in [5.41, 5.74) is 1.03. The lowest BCUT2D eigenvalue weighted by atomic mass is 9.91. The number of H-pyrrole nitrogens is 1. The van der Waals surface area contributed by atoms with Crippen molar-refractivity contribution in [2.45, 2.75) is 37.2 Å². The molecule has 2 amide bonds. The Morgan fingerprint density at radius 2 is 2.00 bits per heavy atom. The number of hydrogen-bond acceptors (Lipinski definition) is 5. The van der Waals surface area contributed by atoms with E-state index in [2.05, 4.69) is 10.2 Å². The van der Waals surface area contributed by atoms with Gasteiger partial charge in [0, 0.05) is 37.5 Å². The van der Waals surface area contributed by atoms with Crippen LogP contribution in [0.25, 0.3) is 0 Å². The molecule has 1 saturated carbocycles. The molecule has 1 spiro atoms. The number of nitrogens with one attached hydrogen (secondary N) is 1. The van der Waals surface area contributed by atoms with Crippen molar-refractivity contribution in [1.82, 2.24) is 20.0 Å². The summed E-state index contributed by atoms with van der Waals surface area (Å²) in [7, 11) is 0. The third-order valence-electron chi connectivity index (χ3n) is 6.21. The summed E-state index contributed by atoms with van der Waals surface area (Å²) in [5.74, 6) is 1.28. The molecule has 8 heteroatoms. The first kappa shape index (κ1) is 19.0. The van der Waals surface area contributed by atoms with Gasteiger partial charge in [0.05, 0.1) is 13.1 Å². The number of aromatic amines is 1. The first-order chi connectivity index (χ1) is 14.6. The van der Waals surface area contributed by atoms with Crippen LogP contribution in [0, 0.1) is 0 Å². The molecule has 2 saturated heterocycles. The van der Waals surface area contributed by atoms with Gasteiger partial charge in [-0.3, -0.25) is 9.89 Å². The molecule has 1 N–H and O–H groups in total. The van der Waals surface area contributed by atoms with Crippen molar-refractivity contribution >= 4 is 12.0 Å². The van der Waals surface area contributed by atoms with Gasteiger partial charge in [-0.1, -0.05) is 18.2 Å². The highest BCUT2D eigenvalue weighted by Crippen LogP contribution is 2.39. The van der Waals surface area contributed by atoms with Crippen LogP contribution in [0.3, 0.4) is 0 Å². The van der Waals surface area contributed by atoms with Crippen molar-refractivity contribution in [3.63, 3.8) is 0 Å². The highest BCUT2D eigenvalue weighted by molar-refractivity contribution is 5.92. The Kier molecular flexibility index (Phi) is 4.84. The van der Waals surface area contributed by atoms with Gasteiger partial charge in [-0.05, 0) is 31.0 Å². The second-order valence-electron chi connectivity index (χ2n) is 8.41. The van der Waals surface area contributed by atoms with Crippen LogP contribution in [0.4, 0.5) is 4.79 Å². The van der Waals surface area contributed by atoms with E-state index in [9.17, 15) is 9.59 Å². The fourth-order valence-electron chi connectivity index (χ4n) is 4.24. The van der Waals surface area contributed by atoms with Crippen LogP contribution in [0.1, 0.15) is 47.8 Å². The summed E-state index contributed by atoms with van der Waals surface area (Å²) in [4.78, 5) is 28.6. The number of carbonyl (C=O) groups is 2. The normalized spacial score (nSPS) is 20.5. The van der Waals surface area contributed by atoms with Crippen molar-refractivity contribution in [2.75, 3.05) is 32.8 Å². The first-order valence-corrected chi connectivity index (χ1v) is 10.6. The highest BCUT2D eigenvalue weighted by Gasteiger charge is 2.47. The molecule has 158 valence electrons. The minimum absolute atomic E-state index is 0.0505. The Balaban J connectivity index is 1.12. The Hall–Kier alpha value is -3.03. The summed E-state index contributed by atoms with van der Waals surface area (Å²) in [6.07, 6.45) is 3.31. The zero-order valence-electron chi connectivity index (χ0n) is 16.9. The van der Waals surface area contributed by atoms with Crippen LogP contribution in [0.5, 0.6) is 5.75 Å². The van der Waals surface area contributed by atoms with E-state index in [1.165, 1.54) is 12.8 Å². The van der Waals surface area contributed by atoms with Crippen LogP contribution >= 0.6 is 0 Å². The number of likely N-dealkylation sites (tertiary alicyclic amines) is 1. The van der Waals surface area contributed by atoms with E-state index in [1.807, 2.05) is 41.3 Å². The number of piperidine rings is 1. The number of benzene rings is 1. The molecule has 5 rings (SSSR count). The number of rotatable bonds is 6. The van der Waals surface area contributed by atoms with Crippen molar-refractivity contribution in [1.29, 1.82) is 0 Å². The lowest BCUT2D eigenvalue weighted by molar-refractivity contribution is 0.00296. The van der Waals surface area contributed by atoms with Crippen LogP contribution in [0.2, 0.25) is 0 Å². The molecular weight excluding hydrogens is 384 g/mol. The maximum atomic E-state index is 12.8. The zero-order chi connectivity index (χ0) is 20.6. The third-order valence-corrected chi connectivity index (χ3v) is 6.21. The minimum atomic E-state index is -0.509. The smallest absolute Gasteiger partial charge is 0.410 e. The Labute approximate surface area is 175 Å². The lowest BCUT2D eigenvalue weighted by Gasteiger charge is -2.37. The topological polar surface area (TPSA) is 87.8 Å². The maximum Gasteiger partial charge on any atom is 0.410 e. The number of ether oxygens (including phenoxy) is 2. The summed E-state index contributed by atoms with van der Waals surface area (Å²) in [6.45, 7) is 2.57. The average molecular weight is 410 g/mol. The van der Waals surface area contributed by atoms with Gasteiger partial charge in [-0.2, -0.15) is 5.10 Å². The van der Waals surface area contributed by atoms with Gasteiger partial charge in [0.2, 0.25) is 0 Å². The van der Waals surface area contributed by atoms with Crippen molar-refractivity contribution < 1.29 is 19.1 Å². The molecule has 1 aliphatic carbocycles. The zero-order valence-corrected chi connectivity index (χ0v) is 16.9. The largest absolute Gasteiger partial charge is 0.492 e. The molecule has 2 aliphatic heterocycles. The van der Waals surface area contributed by atoms with Gasteiger partial charge >= 0.3 is 6.09 Å². The van der Waals surface area contributed by atoms with Crippen LogP contribution in [-0.2, 0) is 4.74 Å². The molecule has 0 unspecified atom stereocenters. The van der Waals surface area contributed by atoms with Gasteiger partial charge in [-0.25, -0.2) is 4.79 Å². The number of amides is 2. The van der Waals surface area contributed by atoms with Gasteiger partial charge in [0.1, 0.15) is 23.7 Å². The molecule has 0 radical (unpaired) electrons. The summed E-state index contributed by atoms with van der Waals surface area (Å²) >= 11 is 0. The molecule has 2 aromatic rings. The van der Waals surface area contributed by atoms with Gasteiger partial charge in [-0.15, -0.1) is 0 Å². The number of nitrogens with zero attached hydrogens (tertiary/aromatic N) is 3. The second kappa shape index (κ2) is 7.66. The van der Waals surface area contributed by atoms with Crippen molar-refractivity contribution in [3.8, 4) is 5.75 Å². The molecule has 3 aliphatic rings. The molecule has 30 heavy (non-hydrogen) atoms. The quantitative estimate of drug-likeness (QED) is 0.791.